The third kappa shape index (κ3) is 2.87. The highest BCUT2D eigenvalue weighted by Gasteiger charge is 2.07. The molecule has 1 atom stereocenters. The van der Waals surface area contributed by atoms with E-state index < -0.39 is 0 Å². The van der Waals surface area contributed by atoms with Gasteiger partial charge in [-0.1, -0.05) is 12.1 Å². The number of H-pyrrole nitrogens is 1. The van der Waals surface area contributed by atoms with Crippen LogP contribution in [0.2, 0.25) is 0 Å². The lowest BCUT2D eigenvalue weighted by atomic mass is 10.1. The van der Waals surface area contributed by atoms with Gasteiger partial charge in [-0.15, -0.1) is 0 Å². The van der Waals surface area contributed by atoms with Gasteiger partial charge in [-0.3, -0.25) is 5.10 Å². The van der Waals surface area contributed by atoms with E-state index in [1.807, 2.05) is 21.0 Å². The molecule has 18 heavy (non-hydrogen) atoms. The molecule has 0 saturated carbocycles. The van der Waals surface area contributed by atoms with Gasteiger partial charge in [0.25, 0.3) is 0 Å². The van der Waals surface area contributed by atoms with Crippen LogP contribution in [0, 0.1) is 0 Å². The van der Waals surface area contributed by atoms with Gasteiger partial charge in [0.15, 0.2) is 5.82 Å². The summed E-state index contributed by atoms with van der Waals surface area (Å²) in [5.74, 6) is 1.51. The maximum atomic E-state index is 5.72. The number of hydrogen-bond acceptors (Lipinski definition) is 4. The summed E-state index contributed by atoms with van der Waals surface area (Å²) in [6.07, 6.45) is 0.743. The number of benzene rings is 1. The van der Waals surface area contributed by atoms with Gasteiger partial charge in [-0.25, -0.2) is 4.98 Å². The molecule has 2 aromatic rings. The monoisotopic (exact) mass is 245 g/mol. The van der Waals surface area contributed by atoms with Crippen LogP contribution < -0.4 is 10.6 Å². The number of anilines is 1. The molecule has 96 valence electrons. The fourth-order valence-corrected chi connectivity index (χ4v) is 1.70. The summed E-state index contributed by atoms with van der Waals surface area (Å²) >= 11 is 0. The summed E-state index contributed by atoms with van der Waals surface area (Å²) in [6.45, 7) is 1.87. The molecule has 5 heteroatoms. The first-order valence-corrected chi connectivity index (χ1v) is 5.99. The van der Waals surface area contributed by atoms with Crippen molar-refractivity contribution in [3.8, 4) is 0 Å². The Kier molecular flexibility index (Phi) is 3.62. The maximum absolute atomic E-state index is 5.72. The molecule has 0 radical (unpaired) electrons. The summed E-state index contributed by atoms with van der Waals surface area (Å²) < 4.78 is 0. The van der Waals surface area contributed by atoms with Crippen LogP contribution in [-0.2, 0) is 6.42 Å². The average Bonchev–Trinajstić information content (AvgIpc) is 2.78. The highest BCUT2D eigenvalue weighted by Crippen LogP contribution is 2.14. The minimum atomic E-state index is -0.133. The van der Waals surface area contributed by atoms with Crippen molar-refractivity contribution < 1.29 is 0 Å². The molecule has 2 rings (SSSR count). The van der Waals surface area contributed by atoms with Crippen molar-refractivity contribution >= 4 is 5.69 Å². The lowest BCUT2D eigenvalue weighted by molar-refractivity contribution is 0.744. The number of hydrogen-bond donors (Lipinski definition) is 2. The maximum Gasteiger partial charge on any atom is 0.167 e. The topological polar surface area (TPSA) is 70.8 Å². The van der Waals surface area contributed by atoms with Gasteiger partial charge in [-0.05, 0) is 24.6 Å². The van der Waals surface area contributed by atoms with Crippen LogP contribution in [0.5, 0.6) is 0 Å². The Balaban J connectivity index is 2.08. The van der Waals surface area contributed by atoms with E-state index in [1.165, 1.54) is 11.3 Å². The van der Waals surface area contributed by atoms with Crippen molar-refractivity contribution in [2.75, 3.05) is 19.0 Å². The lowest BCUT2D eigenvalue weighted by Crippen LogP contribution is -2.08. The fourth-order valence-electron chi connectivity index (χ4n) is 1.70. The third-order valence-corrected chi connectivity index (χ3v) is 2.78. The van der Waals surface area contributed by atoms with E-state index in [0.717, 1.165) is 12.2 Å². The third-order valence-electron chi connectivity index (χ3n) is 2.78. The quantitative estimate of drug-likeness (QED) is 0.856. The number of aromatic nitrogens is 3. The molecular formula is C13H19N5. The molecule has 3 N–H and O–H groups in total. The molecule has 1 aromatic carbocycles. The van der Waals surface area contributed by atoms with Crippen LogP contribution in [0.4, 0.5) is 5.69 Å². The molecule has 1 unspecified atom stereocenters. The number of nitrogens with one attached hydrogen (secondary N) is 1. The highest BCUT2D eigenvalue weighted by atomic mass is 15.2. The second-order valence-electron chi connectivity index (χ2n) is 4.67. The summed E-state index contributed by atoms with van der Waals surface area (Å²) in [6, 6.07) is 8.26. The molecule has 0 saturated heterocycles. The minimum Gasteiger partial charge on any atom is -0.378 e. The number of nitrogens with zero attached hydrogens (tertiary/aromatic N) is 3. The predicted molar refractivity (Wildman–Crippen MR) is 72.6 cm³/mol. The van der Waals surface area contributed by atoms with Gasteiger partial charge in [0.05, 0.1) is 6.04 Å². The molecule has 0 bridgehead atoms. The number of nitrogens with two attached hydrogens (primary N) is 1. The molecule has 0 spiro atoms. The van der Waals surface area contributed by atoms with E-state index in [-0.39, 0.29) is 6.04 Å². The van der Waals surface area contributed by atoms with Crippen molar-refractivity contribution in [3.05, 3.63) is 41.5 Å². The Labute approximate surface area is 107 Å². The predicted octanol–water partition coefficient (Wildman–Crippen LogP) is 1.48. The zero-order valence-electron chi connectivity index (χ0n) is 11.0. The van der Waals surface area contributed by atoms with E-state index >= 15 is 0 Å². The van der Waals surface area contributed by atoms with E-state index in [1.54, 1.807) is 0 Å². The van der Waals surface area contributed by atoms with Gasteiger partial charge >= 0.3 is 0 Å². The molecule has 1 heterocycles. The van der Waals surface area contributed by atoms with Gasteiger partial charge in [0.1, 0.15) is 5.82 Å². The van der Waals surface area contributed by atoms with Crippen molar-refractivity contribution in [1.82, 2.24) is 15.2 Å². The average molecular weight is 245 g/mol. The normalized spacial score (nSPS) is 12.4. The first-order chi connectivity index (χ1) is 8.56. The second-order valence-corrected chi connectivity index (χ2v) is 4.67. The van der Waals surface area contributed by atoms with Crippen LogP contribution in [-0.4, -0.2) is 29.3 Å². The standard InChI is InChI=1S/C13H19N5/c1-9(14)13-15-12(16-17-13)8-10-4-6-11(7-5-10)18(2)3/h4-7,9H,8,14H2,1-3H3,(H,15,16,17). The Hall–Kier alpha value is -1.88. The Morgan fingerprint density at radius 3 is 2.44 bits per heavy atom. The summed E-state index contributed by atoms with van der Waals surface area (Å²) in [5, 5.41) is 7.01. The van der Waals surface area contributed by atoms with Crippen LogP contribution in [0.25, 0.3) is 0 Å². The van der Waals surface area contributed by atoms with Gasteiger partial charge < -0.3 is 10.6 Å². The molecular weight excluding hydrogens is 226 g/mol. The van der Waals surface area contributed by atoms with Gasteiger partial charge in [0.2, 0.25) is 0 Å². The smallest absolute Gasteiger partial charge is 0.167 e. The first kappa shape index (κ1) is 12.6. The van der Waals surface area contributed by atoms with Crippen molar-refractivity contribution in [2.45, 2.75) is 19.4 Å². The van der Waals surface area contributed by atoms with Crippen molar-refractivity contribution in [3.63, 3.8) is 0 Å². The van der Waals surface area contributed by atoms with Crippen LogP contribution in [0.15, 0.2) is 24.3 Å². The molecule has 0 aliphatic carbocycles. The SMILES string of the molecule is CC(N)c1n[nH]c(Cc2ccc(N(C)C)cc2)n1. The van der Waals surface area contributed by atoms with E-state index in [9.17, 15) is 0 Å². The highest BCUT2D eigenvalue weighted by molar-refractivity contribution is 5.46. The molecule has 0 aliphatic heterocycles. The minimum absolute atomic E-state index is 0.133. The van der Waals surface area contributed by atoms with Crippen LogP contribution in [0.3, 0.4) is 0 Å². The number of aromatic amines is 1. The van der Waals surface area contributed by atoms with Crippen LogP contribution >= 0.6 is 0 Å². The Morgan fingerprint density at radius 2 is 1.94 bits per heavy atom. The summed E-state index contributed by atoms with van der Waals surface area (Å²) in [4.78, 5) is 6.44. The Bertz CT molecular complexity index is 498. The molecule has 5 nitrogen and oxygen atoms in total. The van der Waals surface area contributed by atoms with E-state index in [2.05, 4.69) is 44.3 Å². The largest absolute Gasteiger partial charge is 0.378 e. The molecule has 0 fully saturated rings. The second kappa shape index (κ2) is 5.18. The van der Waals surface area contributed by atoms with Crippen LogP contribution in [0.1, 0.15) is 30.2 Å². The summed E-state index contributed by atoms with van der Waals surface area (Å²) in [5.41, 5.74) is 8.11. The van der Waals surface area contributed by atoms with Crippen molar-refractivity contribution in [1.29, 1.82) is 0 Å². The van der Waals surface area contributed by atoms with Gasteiger partial charge in [-0.2, -0.15) is 5.10 Å². The molecule has 1 aromatic heterocycles. The summed E-state index contributed by atoms with van der Waals surface area (Å²) in [7, 11) is 4.06. The lowest BCUT2D eigenvalue weighted by Gasteiger charge is -2.12. The molecule has 0 aliphatic rings. The number of rotatable bonds is 4. The zero-order chi connectivity index (χ0) is 13.1. The van der Waals surface area contributed by atoms with Gasteiger partial charge in [0, 0.05) is 26.2 Å². The molecule has 0 amide bonds. The fraction of sp³-hybridized carbons (Fsp3) is 0.385. The Morgan fingerprint density at radius 1 is 1.28 bits per heavy atom. The zero-order valence-corrected chi connectivity index (χ0v) is 11.0. The van der Waals surface area contributed by atoms with E-state index in [4.69, 9.17) is 5.73 Å². The van der Waals surface area contributed by atoms with Crippen molar-refractivity contribution in [2.24, 2.45) is 5.73 Å². The first-order valence-electron chi connectivity index (χ1n) is 5.99. The van der Waals surface area contributed by atoms with E-state index in [0.29, 0.717) is 5.82 Å².